The summed E-state index contributed by atoms with van der Waals surface area (Å²) >= 11 is 5.92. The number of aromatic nitrogens is 3. The molecule has 0 spiro atoms. The fraction of sp³-hybridized carbons (Fsp3) is 0.125. The van der Waals surface area contributed by atoms with Crippen LogP contribution in [0, 0.1) is 0 Å². The number of halogens is 1. The Morgan fingerprint density at radius 2 is 1.86 bits per heavy atom. The Hall–Kier alpha value is -2.53. The third-order valence-corrected chi connectivity index (χ3v) is 3.65. The van der Waals surface area contributed by atoms with Crippen LogP contribution in [-0.2, 0) is 6.42 Å². The van der Waals surface area contributed by atoms with Gasteiger partial charge in [0.25, 0.3) is 0 Å². The maximum atomic E-state index is 11.7. The molecule has 0 aliphatic carbocycles. The van der Waals surface area contributed by atoms with E-state index in [1.54, 1.807) is 33.8 Å². The van der Waals surface area contributed by atoms with Gasteiger partial charge in [0.2, 0.25) is 0 Å². The first-order valence-corrected chi connectivity index (χ1v) is 7.24. The molecule has 3 aromatic rings. The summed E-state index contributed by atoms with van der Waals surface area (Å²) in [7, 11) is 0. The van der Waals surface area contributed by atoms with Gasteiger partial charge in [-0.3, -0.25) is 0 Å². The average molecular weight is 316 g/mol. The number of hydrogen-bond acceptors (Lipinski definition) is 2. The van der Waals surface area contributed by atoms with Gasteiger partial charge in [-0.1, -0.05) is 18.5 Å². The van der Waals surface area contributed by atoms with Gasteiger partial charge in [-0.15, -0.1) is 0 Å². The molecule has 3 rings (SSSR count). The Bertz CT molecular complexity index is 805. The summed E-state index contributed by atoms with van der Waals surface area (Å²) in [5.41, 5.74) is 1.52. The highest BCUT2D eigenvalue weighted by Crippen LogP contribution is 2.24. The lowest BCUT2D eigenvalue weighted by Gasteiger charge is -2.09. The summed E-state index contributed by atoms with van der Waals surface area (Å²) in [5, 5.41) is 14.7. The summed E-state index contributed by atoms with van der Waals surface area (Å²) in [6, 6.07) is 10.8. The maximum absolute atomic E-state index is 11.7. The normalized spacial score (nSPS) is 10.8. The standard InChI is InChI=1S/C16H14ClN3O2/c1-2-13-14(16(21)22)15(19-9-3-4-10-19)20(18-13)12-7-5-11(17)6-8-12/h3-10H,2H2,1H3,(H,21,22). The SMILES string of the molecule is CCc1nn(-c2ccc(Cl)cc2)c(-n2cccc2)c1C(=O)O. The van der Waals surface area contributed by atoms with E-state index < -0.39 is 5.97 Å². The zero-order chi connectivity index (χ0) is 15.7. The molecule has 0 aliphatic rings. The molecule has 0 aliphatic heterocycles. The number of aromatic carboxylic acids is 1. The molecule has 0 saturated heterocycles. The predicted octanol–water partition coefficient (Wildman–Crippen LogP) is 3.58. The molecule has 5 nitrogen and oxygen atoms in total. The average Bonchev–Trinajstić information content (AvgIpc) is 3.14. The molecular formula is C16H14ClN3O2. The van der Waals surface area contributed by atoms with Crippen molar-refractivity contribution in [2.75, 3.05) is 0 Å². The van der Waals surface area contributed by atoms with Crippen molar-refractivity contribution in [2.24, 2.45) is 0 Å². The minimum absolute atomic E-state index is 0.216. The molecule has 1 aromatic carbocycles. The quantitative estimate of drug-likeness (QED) is 0.800. The van der Waals surface area contributed by atoms with Gasteiger partial charge in [0.15, 0.2) is 5.82 Å². The van der Waals surface area contributed by atoms with Crippen molar-refractivity contribution in [1.29, 1.82) is 0 Å². The van der Waals surface area contributed by atoms with E-state index in [-0.39, 0.29) is 5.56 Å². The molecule has 22 heavy (non-hydrogen) atoms. The van der Waals surface area contributed by atoms with E-state index in [4.69, 9.17) is 11.6 Å². The van der Waals surface area contributed by atoms with Crippen molar-refractivity contribution < 1.29 is 9.90 Å². The minimum atomic E-state index is -0.985. The van der Waals surface area contributed by atoms with Crippen LogP contribution in [0.4, 0.5) is 0 Å². The van der Waals surface area contributed by atoms with Crippen molar-refractivity contribution in [1.82, 2.24) is 14.3 Å². The number of benzene rings is 1. The third kappa shape index (κ3) is 2.40. The van der Waals surface area contributed by atoms with Crippen LogP contribution < -0.4 is 0 Å². The zero-order valence-corrected chi connectivity index (χ0v) is 12.7. The molecule has 0 atom stereocenters. The number of carboxylic acids is 1. The Balaban J connectivity index is 2.30. The lowest BCUT2D eigenvalue weighted by Crippen LogP contribution is -2.08. The van der Waals surface area contributed by atoms with Gasteiger partial charge in [0.1, 0.15) is 5.56 Å². The molecule has 2 aromatic heterocycles. The Labute approximate surface area is 132 Å². The lowest BCUT2D eigenvalue weighted by atomic mass is 10.2. The van der Waals surface area contributed by atoms with E-state index in [2.05, 4.69) is 5.10 Å². The van der Waals surface area contributed by atoms with Gasteiger partial charge >= 0.3 is 5.97 Å². The number of nitrogens with zero attached hydrogens (tertiary/aromatic N) is 3. The van der Waals surface area contributed by atoms with E-state index in [1.165, 1.54) is 0 Å². The van der Waals surface area contributed by atoms with Crippen molar-refractivity contribution in [3.05, 3.63) is 65.1 Å². The monoisotopic (exact) mass is 315 g/mol. The van der Waals surface area contributed by atoms with Crippen molar-refractivity contribution in [3.8, 4) is 11.5 Å². The molecule has 0 unspecified atom stereocenters. The van der Waals surface area contributed by atoms with Crippen LogP contribution in [-0.4, -0.2) is 25.4 Å². The van der Waals surface area contributed by atoms with Crippen LogP contribution in [0.2, 0.25) is 5.02 Å². The topological polar surface area (TPSA) is 60.0 Å². The van der Waals surface area contributed by atoms with Crippen LogP contribution in [0.15, 0.2) is 48.8 Å². The lowest BCUT2D eigenvalue weighted by molar-refractivity contribution is 0.0696. The van der Waals surface area contributed by atoms with Crippen LogP contribution in [0.25, 0.3) is 11.5 Å². The van der Waals surface area contributed by atoms with Gasteiger partial charge in [-0.2, -0.15) is 5.10 Å². The van der Waals surface area contributed by atoms with E-state index in [1.807, 2.05) is 31.2 Å². The number of rotatable bonds is 4. The number of carbonyl (C=O) groups is 1. The summed E-state index contributed by atoms with van der Waals surface area (Å²) in [6.07, 6.45) is 4.14. The predicted molar refractivity (Wildman–Crippen MR) is 84.2 cm³/mol. The fourth-order valence-electron chi connectivity index (χ4n) is 2.40. The van der Waals surface area contributed by atoms with Crippen molar-refractivity contribution in [3.63, 3.8) is 0 Å². The van der Waals surface area contributed by atoms with Gasteiger partial charge in [0.05, 0.1) is 11.4 Å². The summed E-state index contributed by atoms with van der Waals surface area (Å²) in [6.45, 7) is 1.89. The van der Waals surface area contributed by atoms with Crippen molar-refractivity contribution in [2.45, 2.75) is 13.3 Å². The highest BCUT2D eigenvalue weighted by Gasteiger charge is 2.24. The van der Waals surface area contributed by atoms with Crippen molar-refractivity contribution >= 4 is 17.6 Å². The smallest absolute Gasteiger partial charge is 0.341 e. The fourth-order valence-corrected chi connectivity index (χ4v) is 2.52. The summed E-state index contributed by atoms with van der Waals surface area (Å²) in [5.74, 6) is -0.475. The molecule has 1 N–H and O–H groups in total. The second kappa shape index (κ2) is 5.69. The first-order chi connectivity index (χ1) is 10.6. The molecule has 0 radical (unpaired) electrons. The van der Waals surface area contributed by atoms with Crippen LogP contribution in [0.5, 0.6) is 0 Å². The van der Waals surface area contributed by atoms with E-state index in [9.17, 15) is 9.90 Å². The Kier molecular flexibility index (Phi) is 3.73. The molecule has 2 heterocycles. The Morgan fingerprint density at radius 3 is 2.41 bits per heavy atom. The largest absolute Gasteiger partial charge is 0.477 e. The summed E-state index contributed by atoms with van der Waals surface area (Å²) in [4.78, 5) is 11.7. The van der Waals surface area contributed by atoms with Gasteiger partial charge in [0, 0.05) is 17.4 Å². The minimum Gasteiger partial charge on any atom is -0.477 e. The molecule has 112 valence electrons. The van der Waals surface area contributed by atoms with E-state index in [0.29, 0.717) is 23.0 Å². The van der Waals surface area contributed by atoms with Gasteiger partial charge in [-0.05, 0) is 42.8 Å². The van der Waals surface area contributed by atoms with Gasteiger partial charge < -0.3 is 9.67 Å². The van der Waals surface area contributed by atoms with Crippen LogP contribution in [0.3, 0.4) is 0 Å². The second-order valence-corrected chi connectivity index (χ2v) is 5.22. The summed E-state index contributed by atoms with van der Waals surface area (Å²) < 4.78 is 3.39. The molecular weight excluding hydrogens is 302 g/mol. The van der Waals surface area contributed by atoms with Crippen LogP contribution in [0.1, 0.15) is 23.0 Å². The number of carboxylic acid groups (broad SMARTS) is 1. The molecule has 0 amide bonds. The maximum Gasteiger partial charge on any atom is 0.341 e. The number of aryl methyl sites for hydroxylation is 1. The first kappa shape index (κ1) is 14.4. The van der Waals surface area contributed by atoms with Crippen LogP contribution >= 0.6 is 11.6 Å². The Morgan fingerprint density at radius 1 is 1.23 bits per heavy atom. The first-order valence-electron chi connectivity index (χ1n) is 6.86. The highest BCUT2D eigenvalue weighted by molar-refractivity contribution is 6.30. The zero-order valence-electron chi connectivity index (χ0n) is 11.9. The third-order valence-electron chi connectivity index (χ3n) is 3.40. The van der Waals surface area contributed by atoms with Gasteiger partial charge in [-0.25, -0.2) is 9.48 Å². The molecule has 0 fully saturated rings. The molecule has 6 heteroatoms. The van der Waals surface area contributed by atoms with E-state index >= 15 is 0 Å². The second-order valence-electron chi connectivity index (χ2n) is 4.78. The molecule has 0 bridgehead atoms. The van der Waals surface area contributed by atoms with E-state index in [0.717, 1.165) is 5.69 Å². The number of hydrogen-bond donors (Lipinski definition) is 1. The molecule has 0 saturated carbocycles. The highest BCUT2D eigenvalue weighted by atomic mass is 35.5.